The maximum atomic E-state index is 11.8. The van der Waals surface area contributed by atoms with Crippen molar-refractivity contribution in [1.29, 1.82) is 0 Å². The molecule has 0 spiro atoms. The zero-order chi connectivity index (χ0) is 16.1. The highest BCUT2D eigenvalue weighted by Crippen LogP contribution is 2.25. The number of aliphatic carboxylic acids is 1. The number of nitrogens with zero attached hydrogens (tertiary/aromatic N) is 1. The minimum Gasteiger partial charge on any atom is -0.481 e. The molecule has 22 heavy (non-hydrogen) atoms. The molecule has 7 heteroatoms. The highest BCUT2D eigenvalue weighted by atomic mass is 32.1. The molecular weight excluding hydrogens is 304 g/mol. The third-order valence-electron chi connectivity index (χ3n) is 3.02. The normalized spacial score (nSPS) is 12.1. The minimum atomic E-state index is -0.861. The molecule has 0 fully saturated rings. The molecular formula is C15H18N2O4S. The van der Waals surface area contributed by atoms with E-state index in [0.29, 0.717) is 18.0 Å². The fourth-order valence-electron chi connectivity index (χ4n) is 1.94. The molecule has 1 unspecified atom stereocenters. The molecule has 2 rings (SSSR count). The number of nitrogens with one attached hydrogen (secondary N) is 1. The van der Waals surface area contributed by atoms with Crippen LogP contribution in [-0.2, 0) is 16.0 Å². The highest BCUT2D eigenvalue weighted by molar-refractivity contribution is 7.13. The average molecular weight is 322 g/mol. The van der Waals surface area contributed by atoms with E-state index < -0.39 is 5.97 Å². The lowest BCUT2D eigenvalue weighted by Gasteiger charge is -2.09. The first kappa shape index (κ1) is 16.2. The Hall–Kier alpha value is -2.15. The number of aryl methyl sites for hydroxylation is 1. The molecule has 2 heterocycles. The van der Waals surface area contributed by atoms with Crippen LogP contribution in [-0.4, -0.2) is 28.5 Å². The molecule has 0 saturated carbocycles. The molecule has 118 valence electrons. The van der Waals surface area contributed by atoms with E-state index in [4.69, 9.17) is 9.52 Å². The Labute approximate surface area is 132 Å². The summed E-state index contributed by atoms with van der Waals surface area (Å²) < 4.78 is 5.50. The van der Waals surface area contributed by atoms with E-state index in [2.05, 4.69) is 10.3 Å². The number of rotatable bonds is 7. The molecule has 0 saturated heterocycles. The number of hydrogen-bond donors (Lipinski definition) is 2. The van der Waals surface area contributed by atoms with Crippen LogP contribution in [0.3, 0.4) is 0 Å². The predicted octanol–water partition coefficient (Wildman–Crippen LogP) is 2.48. The summed E-state index contributed by atoms with van der Waals surface area (Å²) in [6.07, 6.45) is 0.217. The maximum absolute atomic E-state index is 11.8. The summed E-state index contributed by atoms with van der Waals surface area (Å²) in [5.41, 5.74) is 0.678. The number of carboxylic acid groups (broad SMARTS) is 1. The van der Waals surface area contributed by atoms with Crippen molar-refractivity contribution in [3.63, 3.8) is 0 Å². The molecule has 1 amide bonds. The van der Waals surface area contributed by atoms with Gasteiger partial charge < -0.3 is 14.8 Å². The average Bonchev–Trinajstić information content (AvgIpc) is 3.04. The Kier molecular flexibility index (Phi) is 5.32. The van der Waals surface area contributed by atoms with Gasteiger partial charge in [-0.2, -0.15) is 0 Å². The Morgan fingerprint density at radius 1 is 1.45 bits per heavy atom. The highest BCUT2D eigenvalue weighted by Gasteiger charge is 2.13. The van der Waals surface area contributed by atoms with Gasteiger partial charge in [0.25, 0.3) is 0 Å². The largest absolute Gasteiger partial charge is 0.481 e. The third kappa shape index (κ3) is 4.70. The number of amides is 1. The fourth-order valence-corrected chi connectivity index (χ4v) is 2.72. The van der Waals surface area contributed by atoms with Crippen LogP contribution in [0.25, 0.3) is 10.8 Å². The molecule has 2 aromatic rings. The predicted molar refractivity (Wildman–Crippen MR) is 82.7 cm³/mol. The molecule has 0 aliphatic carbocycles. The molecule has 0 aromatic carbocycles. The van der Waals surface area contributed by atoms with Gasteiger partial charge in [0.1, 0.15) is 5.76 Å². The van der Waals surface area contributed by atoms with E-state index in [1.807, 2.05) is 24.4 Å². The standard InChI is InChI=1S/C15H18N2O4S/c1-9(5-14(19)20)7-16-13(18)6-11-8-22-15(17-11)12-4-3-10(2)21-12/h3-4,8-9H,5-7H2,1-2H3,(H,16,18)(H,19,20). The Morgan fingerprint density at radius 2 is 2.23 bits per heavy atom. The van der Waals surface area contributed by atoms with Crippen molar-refractivity contribution in [2.24, 2.45) is 5.92 Å². The maximum Gasteiger partial charge on any atom is 0.303 e. The molecule has 2 N–H and O–H groups in total. The van der Waals surface area contributed by atoms with Gasteiger partial charge in [-0.05, 0) is 25.0 Å². The number of furan rings is 1. The van der Waals surface area contributed by atoms with E-state index in [9.17, 15) is 9.59 Å². The van der Waals surface area contributed by atoms with Crippen molar-refractivity contribution in [2.75, 3.05) is 6.54 Å². The van der Waals surface area contributed by atoms with Gasteiger partial charge in [-0.1, -0.05) is 6.92 Å². The first-order valence-electron chi connectivity index (χ1n) is 6.93. The van der Waals surface area contributed by atoms with Crippen LogP contribution in [0.5, 0.6) is 0 Å². The molecule has 6 nitrogen and oxygen atoms in total. The van der Waals surface area contributed by atoms with Crippen LogP contribution >= 0.6 is 11.3 Å². The zero-order valence-corrected chi connectivity index (χ0v) is 13.3. The summed E-state index contributed by atoms with van der Waals surface area (Å²) in [6.45, 7) is 4.00. The monoisotopic (exact) mass is 322 g/mol. The van der Waals surface area contributed by atoms with Gasteiger partial charge >= 0.3 is 5.97 Å². The van der Waals surface area contributed by atoms with E-state index >= 15 is 0 Å². The van der Waals surface area contributed by atoms with Crippen molar-refractivity contribution >= 4 is 23.2 Å². The lowest BCUT2D eigenvalue weighted by atomic mass is 10.1. The van der Waals surface area contributed by atoms with Crippen molar-refractivity contribution in [3.05, 3.63) is 29.0 Å². The first-order valence-corrected chi connectivity index (χ1v) is 7.81. The second-order valence-electron chi connectivity index (χ2n) is 5.24. The quantitative estimate of drug-likeness (QED) is 0.817. The van der Waals surface area contributed by atoms with Gasteiger partial charge in [0.2, 0.25) is 5.91 Å². The van der Waals surface area contributed by atoms with E-state index in [0.717, 1.165) is 10.8 Å². The summed E-state index contributed by atoms with van der Waals surface area (Å²) in [4.78, 5) is 26.8. The summed E-state index contributed by atoms with van der Waals surface area (Å²) in [5, 5.41) is 14.0. The SMILES string of the molecule is Cc1ccc(-c2nc(CC(=O)NCC(C)CC(=O)O)cs2)o1. The molecule has 0 radical (unpaired) electrons. The lowest BCUT2D eigenvalue weighted by Crippen LogP contribution is -2.30. The van der Waals surface area contributed by atoms with Crippen LogP contribution in [0, 0.1) is 12.8 Å². The molecule has 0 aliphatic heterocycles. The smallest absolute Gasteiger partial charge is 0.303 e. The summed E-state index contributed by atoms with van der Waals surface area (Å²) in [5.74, 6) is 0.393. The second-order valence-corrected chi connectivity index (χ2v) is 6.10. The first-order chi connectivity index (χ1) is 10.4. The van der Waals surface area contributed by atoms with Gasteiger partial charge in [0, 0.05) is 18.3 Å². The Bertz CT molecular complexity index is 662. The van der Waals surface area contributed by atoms with E-state index in [1.165, 1.54) is 11.3 Å². The molecule has 0 aliphatic rings. The molecule has 1 atom stereocenters. The van der Waals surface area contributed by atoms with Crippen molar-refractivity contribution < 1.29 is 19.1 Å². The summed E-state index contributed by atoms with van der Waals surface area (Å²) in [7, 11) is 0. The van der Waals surface area contributed by atoms with Crippen LogP contribution in [0.15, 0.2) is 21.9 Å². The van der Waals surface area contributed by atoms with Gasteiger partial charge in [0.05, 0.1) is 12.1 Å². The number of aromatic nitrogens is 1. The van der Waals surface area contributed by atoms with Crippen molar-refractivity contribution in [1.82, 2.24) is 10.3 Å². The Balaban J connectivity index is 1.85. The molecule has 2 aromatic heterocycles. The second kappa shape index (κ2) is 7.22. The van der Waals surface area contributed by atoms with Crippen LogP contribution in [0.4, 0.5) is 0 Å². The lowest BCUT2D eigenvalue weighted by molar-refractivity contribution is -0.138. The number of carbonyl (C=O) groups is 2. The van der Waals surface area contributed by atoms with Crippen LogP contribution in [0.2, 0.25) is 0 Å². The van der Waals surface area contributed by atoms with Gasteiger partial charge in [-0.15, -0.1) is 11.3 Å². The van der Waals surface area contributed by atoms with Crippen LogP contribution in [0.1, 0.15) is 24.8 Å². The number of thiazole rings is 1. The van der Waals surface area contributed by atoms with Crippen molar-refractivity contribution in [3.8, 4) is 10.8 Å². The Morgan fingerprint density at radius 3 is 2.86 bits per heavy atom. The number of carboxylic acids is 1. The zero-order valence-electron chi connectivity index (χ0n) is 12.5. The van der Waals surface area contributed by atoms with Crippen LogP contribution < -0.4 is 5.32 Å². The summed E-state index contributed by atoms with van der Waals surface area (Å²) >= 11 is 1.43. The van der Waals surface area contributed by atoms with Gasteiger partial charge in [-0.3, -0.25) is 9.59 Å². The fraction of sp³-hybridized carbons (Fsp3) is 0.400. The van der Waals surface area contributed by atoms with E-state index in [1.54, 1.807) is 6.92 Å². The van der Waals surface area contributed by atoms with E-state index in [-0.39, 0.29) is 24.7 Å². The topological polar surface area (TPSA) is 92.4 Å². The number of hydrogen-bond acceptors (Lipinski definition) is 5. The van der Waals surface area contributed by atoms with Crippen molar-refractivity contribution in [2.45, 2.75) is 26.7 Å². The van der Waals surface area contributed by atoms with Gasteiger partial charge in [-0.25, -0.2) is 4.98 Å². The number of carbonyl (C=O) groups excluding carboxylic acids is 1. The molecule has 0 bridgehead atoms. The minimum absolute atomic E-state index is 0.0406. The third-order valence-corrected chi connectivity index (χ3v) is 3.92. The summed E-state index contributed by atoms with van der Waals surface area (Å²) in [6, 6.07) is 3.72. The van der Waals surface area contributed by atoms with Gasteiger partial charge in [0.15, 0.2) is 10.8 Å².